The third kappa shape index (κ3) is 2.52. The van der Waals surface area contributed by atoms with Crippen LogP contribution in [0.3, 0.4) is 0 Å². The maximum Gasteiger partial charge on any atom is 0.261 e. The Labute approximate surface area is 141 Å². The van der Waals surface area contributed by atoms with Gasteiger partial charge in [-0.3, -0.25) is 14.5 Å². The van der Waals surface area contributed by atoms with Gasteiger partial charge in [-0.25, -0.2) is 0 Å². The van der Waals surface area contributed by atoms with Crippen LogP contribution in [0.15, 0.2) is 53.9 Å². The fraction of sp³-hybridized carbons (Fsp3) is 0.111. The number of benzene rings is 1. The van der Waals surface area contributed by atoms with E-state index in [1.54, 1.807) is 46.9 Å². The Morgan fingerprint density at radius 3 is 2.22 bits per heavy atom. The van der Waals surface area contributed by atoms with E-state index in [0.717, 1.165) is 0 Å². The lowest BCUT2D eigenvalue weighted by atomic mass is 10.1. The topological polar surface area (TPSA) is 37.4 Å². The lowest BCUT2D eigenvalue weighted by Gasteiger charge is -2.12. The molecule has 0 saturated carbocycles. The molecule has 3 aromatic rings. The molecule has 4 rings (SSSR count). The van der Waals surface area contributed by atoms with E-state index in [9.17, 15) is 9.59 Å². The predicted molar refractivity (Wildman–Crippen MR) is 93.1 cm³/mol. The first kappa shape index (κ1) is 14.4. The third-order valence-electron chi connectivity index (χ3n) is 3.89. The molecule has 1 aromatic carbocycles. The van der Waals surface area contributed by atoms with Crippen LogP contribution in [-0.2, 0) is 6.42 Å². The molecule has 114 valence electrons. The minimum Gasteiger partial charge on any atom is -0.274 e. The summed E-state index contributed by atoms with van der Waals surface area (Å²) in [6, 6.07) is 15.3. The van der Waals surface area contributed by atoms with Crippen molar-refractivity contribution >= 4 is 34.5 Å². The molecular weight excluding hydrogens is 326 g/mol. The van der Waals surface area contributed by atoms with Crippen LogP contribution in [0.1, 0.15) is 25.6 Å². The molecule has 0 fully saturated rings. The van der Waals surface area contributed by atoms with E-state index < -0.39 is 0 Å². The molecule has 5 heteroatoms. The van der Waals surface area contributed by atoms with Crippen LogP contribution >= 0.6 is 22.7 Å². The summed E-state index contributed by atoms with van der Waals surface area (Å²) < 4.78 is 0. The summed E-state index contributed by atoms with van der Waals surface area (Å²) >= 11 is 3.44. The number of nitrogens with zero attached hydrogens (tertiary/aromatic N) is 1. The van der Waals surface area contributed by atoms with Crippen molar-refractivity contribution in [3.05, 3.63) is 69.9 Å². The molecule has 0 atom stereocenters. The lowest BCUT2D eigenvalue weighted by molar-refractivity contribution is 0.0656. The summed E-state index contributed by atoms with van der Waals surface area (Å²) in [5.74, 6) is -0.360. The molecule has 0 radical (unpaired) electrons. The van der Waals surface area contributed by atoms with E-state index in [1.807, 2.05) is 6.07 Å². The van der Waals surface area contributed by atoms with E-state index >= 15 is 0 Å². The zero-order valence-electron chi connectivity index (χ0n) is 12.2. The maximum atomic E-state index is 12.3. The zero-order chi connectivity index (χ0) is 15.8. The molecule has 0 bridgehead atoms. The smallest absolute Gasteiger partial charge is 0.261 e. The number of hydrogen-bond donors (Lipinski definition) is 0. The highest BCUT2D eigenvalue weighted by molar-refractivity contribution is 7.21. The molecule has 0 aliphatic carbocycles. The van der Waals surface area contributed by atoms with Gasteiger partial charge in [0.05, 0.1) is 11.1 Å². The first-order chi connectivity index (χ1) is 11.2. The Morgan fingerprint density at radius 2 is 1.57 bits per heavy atom. The SMILES string of the molecule is O=C1c2ccccc2C(=O)N1CCc1ccc(-c2cccs2)s1. The van der Waals surface area contributed by atoms with Gasteiger partial charge >= 0.3 is 0 Å². The second-order valence-corrected chi connectivity index (χ2v) is 7.42. The van der Waals surface area contributed by atoms with Crippen molar-refractivity contribution in [3.8, 4) is 9.75 Å². The molecule has 2 aromatic heterocycles. The minimum atomic E-state index is -0.180. The quantitative estimate of drug-likeness (QED) is 0.664. The first-order valence-corrected chi connectivity index (χ1v) is 9.01. The number of amides is 2. The van der Waals surface area contributed by atoms with E-state index in [2.05, 4.69) is 23.6 Å². The summed E-state index contributed by atoms with van der Waals surface area (Å²) in [5.41, 5.74) is 1.03. The van der Waals surface area contributed by atoms with Crippen LogP contribution in [0.5, 0.6) is 0 Å². The van der Waals surface area contributed by atoms with E-state index in [1.165, 1.54) is 19.5 Å². The monoisotopic (exact) mass is 339 g/mol. The van der Waals surface area contributed by atoms with E-state index in [4.69, 9.17) is 0 Å². The van der Waals surface area contributed by atoms with Crippen LogP contribution in [0.25, 0.3) is 9.75 Å². The van der Waals surface area contributed by atoms with Crippen LogP contribution in [0.4, 0.5) is 0 Å². The fourth-order valence-electron chi connectivity index (χ4n) is 2.73. The molecule has 1 aliphatic heterocycles. The van der Waals surface area contributed by atoms with Gasteiger partial charge in [-0.05, 0) is 42.1 Å². The second kappa shape index (κ2) is 5.76. The second-order valence-electron chi connectivity index (χ2n) is 5.30. The lowest BCUT2D eigenvalue weighted by Crippen LogP contribution is -2.31. The molecule has 3 nitrogen and oxygen atoms in total. The number of rotatable bonds is 4. The summed E-state index contributed by atoms with van der Waals surface area (Å²) in [4.78, 5) is 29.7. The Balaban J connectivity index is 1.48. The Hall–Kier alpha value is -2.24. The molecule has 0 unspecified atom stereocenters. The van der Waals surface area contributed by atoms with Gasteiger partial charge in [0.1, 0.15) is 0 Å². The van der Waals surface area contributed by atoms with Crippen molar-refractivity contribution in [2.75, 3.05) is 6.54 Å². The van der Waals surface area contributed by atoms with Crippen molar-refractivity contribution < 1.29 is 9.59 Å². The molecular formula is C18H13NO2S2. The van der Waals surface area contributed by atoms with E-state index in [-0.39, 0.29) is 11.8 Å². The molecule has 0 saturated heterocycles. The van der Waals surface area contributed by atoms with Gasteiger partial charge in [0.25, 0.3) is 11.8 Å². The summed E-state index contributed by atoms with van der Waals surface area (Å²) in [5, 5.41) is 2.06. The van der Waals surface area contributed by atoms with Gasteiger partial charge in [-0.1, -0.05) is 18.2 Å². The molecule has 2 amide bonds. The van der Waals surface area contributed by atoms with Crippen molar-refractivity contribution in [3.63, 3.8) is 0 Å². The zero-order valence-corrected chi connectivity index (χ0v) is 13.8. The fourth-order valence-corrected chi connectivity index (χ4v) is 4.56. The third-order valence-corrected chi connectivity index (χ3v) is 6.10. The van der Waals surface area contributed by atoms with Gasteiger partial charge in [-0.15, -0.1) is 22.7 Å². The first-order valence-electron chi connectivity index (χ1n) is 7.32. The number of thiophene rings is 2. The van der Waals surface area contributed by atoms with Crippen molar-refractivity contribution in [1.82, 2.24) is 4.90 Å². The van der Waals surface area contributed by atoms with Crippen molar-refractivity contribution in [1.29, 1.82) is 0 Å². The van der Waals surface area contributed by atoms with Crippen LogP contribution in [0.2, 0.25) is 0 Å². The highest BCUT2D eigenvalue weighted by Gasteiger charge is 2.34. The molecule has 0 N–H and O–H groups in total. The minimum absolute atomic E-state index is 0.180. The highest BCUT2D eigenvalue weighted by Crippen LogP contribution is 2.32. The average Bonchev–Trinajstić information content (AvgIpc) is 3.29. The highest BCUT2D eigenvalue weighted by atomic mass is 32.1. The number of imide groups is 1. The number of carbonyl (C=O) groups is 2. The number of hydrogen-bond acceptors (Lipinski definition) is 4. The van der Waals surface area contributed by atoms with Crippen molar-refractivity contribution in [2.24, 2.45) is 0 Å². The van der Waals surface area contributed by atoms with Crippen LogP contribution in [0, 0.1) is 0 Å². The molecule has 0 spiro atoms. The standard InChI is InChI=1S/C18H13NO2S2/c20-17-13-4-1-2-5-14(13)18(21)19(17)10-9-12-7-8-16(23-12)15-6-3-11-22-15/h1-8,11H,9-10H2. The van der Waals surface area contributed by atoms with E-state index in [0.29, 0.717) is 24.1 Å². The van der Waals surface area contributed by atoms with Gasteiger partial charge in [0, 0.05) is 21.2 Å². The predicted octanol–water partition coefficient (Wildman–Crippen LogP) is 4.32. The summed E-state index contributed by atoms with van der Waals surface area (Å²) in [6.07, 6.45) is 0.696. The Kier molecular flexibility index (Phi) is 3.59. The van der Waals surface area contributed by atoms with Gasteiger partial charge in [-0.2, -0.15) is 0 Å². The van der Waals surface area contributed by atoms with Crippen molar-refractivity contribution in [2.45, 2.75) is 6.42 Å². The Morgan fingerprint density at radius 1 is 0.826 bits per heavy atom. The molecule has 23 heavy (non-hydrogen) atoms. The largest absolute Gasteiger partial charge is 0.274 e. The summed E-state index contributed by atoms with van der Waals surface area (Å²) in [7, 11) is 0. The number of carbonyl (C=O) groups excluding carboxylic acids is 2. The normalized spacial score (nSPS) is 13.7. The molecule has 3 heterocycles. The maximum absolute atomic E-state index is 12.3. The summed E-state index contributed by atoms with van der Waals surface area (Å²) in [6.45, 7) is 0.427. The van der Waals surface area contributed by atoms with Gasteiger partial charge < -0.3 is 0 Å². The molecule has 1 aliphatic rings. The van der Waals surface area contributed by atoms with Crippen LogP contribution < -0.4 is 0 Å². The van der Waals surface area contributed by atoms with Gasteiger partial charge in [0.2, 0.25) is 0 Å². The average molecular weight is 339 g/mol. The van der Waals surface area contributed by atoms with Crippen LogP contribution in [-0.4, -0.2) is 23.3 Å². The Bertz CT molecular complexity index is 845. The number of fused-ring (bicyclic) bond motifs is 1. The van der Waals surface area contributed by atoms with Gasteiger partial charge in [0.15, 0.2) is 0 Å².